The molecule has 1 saturated heterocycles. The molecule has 5 heteroatoms. The highest BCUT2D eigenvalue weighted by Crippen LogP contribution is 2.19. The third kappa shape index (κ3) is 4.00. The van der Waals surface area contributed by atoms with E-state index in [0.717, 1.165) is 37.6 Å². The van der Waals surface area contributed by atoms with Gasteiger partial charge in [0.15, 0.2) is 0 Å². The largest absolute Gasteiger partial charge is 0.378 e. The van der Waals surface area contributed by atoms with E-state index in [0.29, 0.717) is 16.7 Å². The number of rotatable bonds is 4. The predicted octanol–water partition coefficient (Wildman–Crippen LogP) is 4.39. The summed E-state index contributed by atoms with van der Waals surface area (Å²) in [6, 6.07) is 25.5. The molecule has 3 aromatic carbocycles. The number of nitrogens with zero attached hydrogens (tertiary/aromatic N) is 3. The average Bonchev–Trinajstić information content (AvgIpc) is 2.84. The van der Waals surface area contributed by atoms with Crippen LogP contribution in [0.3, 0.4) is 0 Å². The van der Waals surface area contributed by atoms with E-state index in [1.807, 2.05) is 66.7 Å². The van der Waals surface area contributed by atoms with Gasteiger partial charge in [0.1, 0.15) is 5.82 Å². The van der Waals surface area contributed by atoms with Crippen LogP contribution >= 0.6 is 0 Å². The molecule has 0 N–H and O–H groups in total. The molecule has 1 fully saturated rings. The highest BCUT2D eigenvalue weighted by atomic mass is 16.5. The lowest BCUT2D eigenvalue weighted by Crippen LogP contribution is -2.36. The molecule has 0 bridgehead atoms. The maximum Gasteiger partial charge on any atom is 0.266 e. The third-order valence-electron chi connectivity index (χ3n) is 5.51. The second-order valence-electron chi connectivity index (χ2n) is 7.49. The quantitative estimate of drug-likeness (QED) is 0.502. The van der Waals surface area contributed by atoms with E-state index in [9.17, 15) is 4.79 Å². The lowest BCUT2D eigenvalue weighted by atomic mass is 10.1. The minimum atomic E-state index is -0.0703. The molecule has 0 unspecified atom stereocenters. The van der Waals surface area contributed by atoms with Crippen molar-refractivity contribution in [3.63, 3.8) is 0 Å². The number of hydrogen-bond acceptors (Lipinski definition) is 4. The summed E-state index contributed by atoms with van der Waals surface area (Å²) in [6.45, 7) is 3.37. The first-order chi connectivity index (χ1) is 15.3. The van der Waals surface area contributed by atoms with Crippen molar-refractivity contribution >= 4 is 28.7 Å². The van der Waals surface area contributed by atoms with Crippen LogP contribution in [0.1, 0.15) is 11.4 Å². The predicted molar refractivity (Wildman–Crippen MR) is 126 cm³/mol. The van der Waals surface area contributed by atoms with Gasteiger partial charge in [0.25, 0.3) is 5.56 Å². The van der Waals surface area contributed by atoms with Crippen LogP contribution in [0.4, 0.5) is 5.69 Å². The second kappa shape index (κ2) is 8.58. The smallest absolute Gasteiger partial charge is 0.266 e. The molecule has 0 saturated carbocycles. The Morgan fingerprint density at radius 2 is 1.48 bits per heavy atom. The lowest BCUT2D eigenvalue weighted by molar-refractivity contribution is 0.122. The minimum absolute atomic E-state index is 0.0703. The van der Waals surface area contributed by atoms with Gasteiger partial charge in [-0.2, -0.15) is 0 Å². The summed E-state index contributed by atoms with van der Waals surface area (Å²) < 4.78 is 7.10. The van der Waals surface area contributed by atoms with E-state index in [4.69, 9.17) is 9.72 Å². The average molecular weight is 409 g/mol. The number of morpholine rings is 1. The van der Waals surface area contributed by atoms with Crippen molar-refractivity contribution in [2.24, 2.45) is 0 Å². The molecule has 4 aromatic rings. The lowest BCUT2D eigenvalue weighted by Gasteiger charge is -2.28. The zero-order valence-electron chi connectivity index (χ0n) is 17.1. The van der Waals surface area contributed by atoms with Crippen LogP contribution in [-0.2, 0) is 4.74 Å². The van der Waals surface area contributed by atoms with Gasteiger partial charge in [0.05, 0.1) is 29.8 Å². The Labute approximate surface area is 180 Å². The summed E-state index contributed by atoms with van der Waals surface area (Å²) in [5, 5.41) is 0.610. The number of anilines is 1. The molecule has 0 radical (unpaired) electrons. The van der Waals surface area contributed by atoms with Crippen molar-refractivity contribution in [2.75, 3.05) is 31.2 Å². The summed E-state index contributed by atoms with van der Waals surface area (Å²) in [4.78, 5) is 20.4. The van der Waals surface area contributed by atoms with E-state index >= 15 is 0 Å². The highest BCUT2D eigenvalue weighted by Gasteiger charge is 2.12. The van der Waals surface area contributed by atoms with E-state index in [-0.39, 0.29) is 5.56 Å². The van der Waals surface area contributed by atoms with Crippen LogP contribution in [-0.4, -0.2) is 35.9 Å². The van der Waals surface area contributed by atoms with Gasteiger partial charge in [-0.25, -0.2) is 4.98 Å². The molecule has 2 heterocycles. The number of ether oxygens (including phenoxy) is 1. The van der Waals surface area contributed by atoms with Gasteiger partial charge < -0.3 is 9.64 Å². The zero-order valence-corrected chi connectivity index (χ0v) is 17.1. The van der Waals surface area contributed by atoms with E-state index in [1.54, 1.807) is 4.57 Å². The van der Waals surface area contributed by atoms with Gasteiger partial charge in [-0.05, 0) is 48.0 Å². The Morgan fingerprint density at radius 1 is 0.774 bits per heavy atom. The molecule has 0 aliphatic carbocycles. The number of para-hydroxylation sites is 2. The van der Waals surface area contributed by atoms with Gasteiger partial charge in [-0.3, -0.25) is 9.36 Å². The molecule has 0 spiro atoms. The van der Waals surface area contributed by atoms with Gasteiger partial charge in [0.2, 0.25) is 0 Å². The van der Waals surface area contributed by atoms with Crippen molar-refractivity contribution in [2.45, 2.75) is 0 Å². The first-order valence-electron chi connectivity index (χ1n) is 10.5. The standard InChI is InChI=1S/C26H23N3O2/c30-26-23-8-4-5-9-24(23)27-25(29(26)22-6-2-1-3-7-22)15-12-20-10-13-21(14-11-20)28-16-18-31-19-17-28/h1-15H,16-19H2/b15-12+. The molecule has 0 atom stereocenters. The Morgan fingerprint density at radius 3 is 2.26 bits per heavy atom. The monoisotopic (exact) mass is 409 g/mol. The summed E-state index contributed by atoms with van der Waals surface area (Å²) >= 11 is 0. The molecular formula is C26H23N3O2. The Bertz CT molecular complexity index is 1270. The minimum Gasteiger partial charge on any atom is -0.378 e. The van der Waals surface area contributed by atoms with Crippen molar-refractivity contribution in [1.82, 2.24) is 9.55 Å². The van der Waals surface area contributed by atoms with Gasteiger partial charge in [-0.1, -0.05) is 48.5 Å². The van der Waals surface area contributed by atoms with Crippen molar-refractivity contribution in [1.29, 1.82) is 0 Å². The van der Waals surface area contributed by atoms with Gasteiger partial charge in [-0.15, -0.1) is 0 Å². The summed E-state index contributed by atoms with van der Waals surface area (Å²) in [6.07, 6.45) is 3.91. The maximum atomic E-state index is 13.3. The van der Waals surface area contributed by atoms with Crippen LogP contribution in [0.5, 0.6) is 0 Å². The van der Waals surface area contributed by atoms with Gasteiger partial charge >= 0.3 is 0 Å². The summed E-state index contributed by atoms with van der Waals surface area (Å²) in [5.41, 5.74) is 3.68. The van der Waals surface area contributed by atoms with Crippen LogP contribution in [0.15, 0.2) is 83.7 Å². The maximum absolute atomic E-state index is 13.3. The fourth-order valence-corrected chi connectivity index (χ4v) is 3.88. The first kappa shape index (κ1) is 19.3. The second-order valence-corrected chi connectivity index (χ2v) is 7.49. The molecule has 0 amide bonds. The van der Waals surface area contributed by atoms with Crippen LogP contribution < -0.4 is 10.5 Å². The zero-order chi connectivity index (χ0) is 21.0. The SMILES string of the molecule is O=c1c2ccccc2nc(/C=C/c2ccc(N3CCOCC3)cc2)n1-c1ccccc1. The fraction of sp³-hybridized carbons (Fsp3) is 0.154. The Balaban J connectivity index is 1.52. The van der Waals surface area contributed by atoms with E-state index in [1.165, 1.54) is 5.69 Å². The van der Waals surface area contributed by atoms with Crippen molar-refractivity contribution in [3.05, 3.63) is 101 Å². The van der Waals surface area contributed by atoms with Crippen LogP contribution in [0.2, 0.25) is 0 Å². The molecule has 154 valence electrons. The summed E-state index contributed by atoms with van der Waals surface area (Å²) in [5.74, 6) is 0.604. The van der Waals surface area contributed by atoms with Crippen molar-refractivity contribution < 1.29 is 4.74 Å². The molecule has 5 rings (SSSR count). The molecule has 31 heavy (non-hydrogen) atoms. The number of aromatic nitrogens is 2. The number of fused-ring (bicyclic) bond motifs is 1. The van der Waals surface area contributed by atoms with Crippen LogP contribution in [0.25, 0.3) is 28.7 Å². The van der Waals surface area contributed by atoms with E-state index < -0.39 is 0 Å². The Kier molecular flexibility index (Phi) is 5.33. The molecule has 1 aliphatic rings. The van der Waals surface area contributed by atoms with Gasteiger partial charge in [0, 0.05) is 18.8 Å². The number of benzene rings is 3. The molecule has 1 aromatic heterocycles. The molecule has 1 aliphatic heterocycles. The fourth-order valence-electron chi connectivity index (χ4n) is 3.88. The highest BCUT2D eigenvalue weighted by molar-refractivity contribution is 5.80. The Hall–Kier alpha value is -3.70. The van der Waals surface area contributed by atoms with Crippen LogP contribution in [0, 0.1) is 0 Å². The topological polar surface area (TPSA) is 47.4 Å². The number of hydrogen-bond donors (Lipinski definition) is 0. The van der Waals surface area contributed by atoms with Crippen molar-refractivity contribution in [3.8, 4) is 5.69 Å². The normalized spacial score (nSPS) is 14.4. The third-order valence-corrected chi connectivity index (χ3v) is 5.51. The first-order valence-corrected chi connectivity index (χ1v) is 10.5. The van der Waals surface area contributed by atoms with E-state index in [2.05, 4.69) is 29.2 Å². The molecule has 5 nitrogen and oxygen atoms in total. The summed E-state index contributed by atoms with van der Waals surface area (Å²) in [7, 11) is 0. The molecular weight excluding hydrogens is 386 g/mol.